The van der Waals surface area contributed by atoms with Crippen molar-refractivity contribution >= 4 is 28.6 Å². The molecule has 0 radical (unpaired) electrons. The molecule has 6 aromatic rings. The van der Waals surface area contributed by atoms with Gasteiger partial charge in [-0.25, -0.2) is 9.07 Å². The van der Waals surface area contributed by atoms with Crippen molar-refractivity contribution in [2.24, 2.45) is 14.1 Å². The van der Waals surface area contributed by atoms with E-state index in [1.165, 1.54) is 45.4 Å². The van der Waals surface area contributed by atoms with E-state index in [0.29, 0.717) is 45.8 Å². The zero-order chi connectivity index (χ0) is 35.8. The summed E-state index contributed by atoms with van der Waals surface area (Å²) in [5.41, 5.74) is 3.53. The summed E-state index contributed by atoms with van der Waals surface area (Å²) < 4.78 is 30.9. The summed E-state index contributed by atoms with van der Waals surface area (Å²) >= 11 is 0. The highest BCUT2D eigenvalue weighted by molar-refractivity contribution is 6.04. The number of nitrogens with one attached hydrogen (secondary N) is 2. The molecule has 0 saturated heterocycles. The van der Waals surface area contributed by atoms with Crippen LogP contribution in [0.2, 0.25) is 0 Å². The molecule has 0 aliphatic heterocycles. The normalized spacial score (nSPS) is 14.3. The molecule has 13 nitrogen and oxygen atoms in total. The molecule has 7 rings (SSSR count). The lowest BCUT2D eigenvalue weighted by molar-refractivity contribution is 0.102. The first-order chi connectivity index (χ1) is 24.6. The number of allylic oxidation sites excluding steroid dienone is 2. The van der Waals surface area contributed by atoms with Gasteiger partial charge in [0.2, 0.25) is 17.5 Å². The molecule has 1 amide bonds. The molecule has 2 N–H and O–H groups in total. The van der Waals surface area contributed by atoms with Gasteiger partial charge in [0.15, 0.2) is 0 Å². The predicted molar refractivity (Wildman–Crippen MR) is 192 cm³/mol. The number of carbonyl (C=O) groups excluding carboxylic acids is 1. The van der Waals surface area contributed by atoms with E-state index in [1.807, 2.05) is 27.3 Å². The van der Waals surface area contributed by atoms with Crippen LogP contribution in [0.1, 0.15) is 28.3 Å². The minimum absolute atomic E-state index is 0.0454. The van der Waals surface area contributed by atoms with Crippen molar-refractivity contribution < 1.29 is 18.3 Å². The molecule has 0 spiro atoms. The number of amides is 1. The highest BCUT2D eigenvalue weighted by Crippen LogP contribution is 2.45. The SMILES string of the molecule is CNc1nc(Oc2ccc(NC(=O)c3cn(C)n(-c4ccc(F)cc4)c3=O)cc2)c2c(C3C=C(CN(C)C)C=CC3)c(-c3cnn(C)c3)oc2n1. The Hall–Kier alpha value is -6.28. The van der Waals surface area contributed by atoms with Crippen LogP contribution >= 0.6 is 0 Å². The fourth-order valence-electron chi connectivity index (χ4n) is 6.21. The third-order valence-corrected chi connectivity index (χ3v) is 8.45. The fourth-order valence-corrected chi connectivity index (χ4v) is 6.21. The number of anilines is 2. The number of nitrogens with zero attached hydrogens (tertiary/aromatic N) is 7. The highest BCUT2D eigenvalue weighted by atomic mass is 19.1. The third kappa shape index (κ3) is 6.68. The Bertz CT molecular complexity index is 2360. The first-order valence-corrected chi connectivity index (χ1v) is 16.2. The Morgan fingerprint density at radius 2 is 1.84 bits per heavy atom. The van der Waals surface area contributed by atoms with Crippen molar-refractivity contribution in [1.29, 1.82) is 0 Å². The van der Waals surface area contributed by atoms with E-state index in [2.05, 4.69) is 43.8 Å². The van der Waals surface area contributed by atoms with E-state index < -0.39 is 17.3 Å². The molecule has 4 heterocycles. The Labute approximate surface area is 292 Å². The maximum Gasteiger partial charge on any atom is 0.284 e. The van der Waals surface area contributed by atoms with Crippen LogP contribution in [0.5, 0.6) is 11.6 Å². The van der Waals surface area contributed by atoms with Gasteiger partial charge in [-0.2, -0.15) is 15.1 Å². The molecule has 4 aromatic heterocycles. The number of benzene rings is 2. The van der Waals surface area contributed by atoms with Gasteiger partial charge in [-0.15, -0.1) is 0 Å². The number of aromatic nitrogens is 6. The summed E-state index contributed by atoms with van der Waals surface area (Å²) in [6.07, 6.45) is 12.4. The number of fused-ring (bicyclic) bond motifs is 1. The molecule has 1 aliphatic carbocycles. The monoisotopic (exact) mass is 689 g/mol. The largest absolute Gasteiger partial charge is 0.438 e. The van der Waals surface area contributed by atoms with Crippen LogP contribution in [-0.2, 0) is 14.1 Å². The summed E-state index contributed by atoms with van der Waals surface area (Å²) in [5.74, 6) is 0.663. The van der Waals surface area contributed by atoms with Gasteiger partial charge < -0.3 is 24.7 Å². The van der Waals surface area contributed by atoms with Crippen molar-refractivity contribution in [2.75, 3.05) is 38.3 Å². The van der Waals surface area contributed by atoms with Gasteiger partial charge in [0.05, 0.1) is 17.4 Å². The number of furan rings is 1. The van der Waals surface area contributed by atoms with Gasteiger partial charge >= 0.3 is 0 Å². The lowest BCUT2D eigenvalue weighted by Gasteiger charge is -2.20. The van der Waals surface area contributed by atoms with Crippen LogP contribution in [0, 0.1) is 5.82 Å². The molecule has 0 saturated carbocycles. The Kier molecular flexibility index (Phi) is 8.83. The molecule has 51 heavy (non-hydrogen) atoms. The third-order valence-electron chi connectivity index (χ3n) is 8.45. The van der Waals surface area contributed by atoms with Crippen LogP contribution in [0.3, 0.4) is 0 Å². The number of hydrogen-bond acceptors (Lipinski definition) is 9. The summed E-state index contributed by atoms with van der Waals surface area (Å²) in [4.78, 5) is 37.8. The molecule has 1 atom stereocenters. The predicted octanol–water partition coefficient (Wildman–Crippen LogP) is 5.87. The zero-order valence-corrected chi connectivity index (χ0v) is 28.7. The van der Waals surface area contributed by atoms with E-state index in [4.69, 9.17) is 14.1 Å². The number of ether oxygens (including phenoxy) is 1. The number of carbonyl (C=O) groups is 1. The molecule has 2 aromatic carbocycles. The average Bonchev–Trinajstić information content (AvgIpc) is 3.80. The van der Waals surface area contributed by atoms with E-state index in [9.17, 15) is 14.0 Å². The number of halogens is 1. The second-order valence-electron chi connectivity index (χ2n) is 12.5. The fraction of sp³-hybridized carbons (Fsp3) is 0.216. The summed E-state index contributed by atoms with van der Waals surface area (Å²) in [5, 5.41) is 10.8. The second-order valence-corrected chi connectivity index (χ2v) is 12.5. The summed E-state index contributed by atoms with van der Waals surface area (Å²) in [6, 6.07) is 12.2. The minimum Gasteiger partial charge on any atom is -0.438 e. The van der Waals surface area contributed by atoms with Gasteiger partial charge in [-0.05, 0) is 74.6 Å². The standard InChI is InChI=1S/C37H36FN9O4/c1-39-37-42-34(31-30(23-8-6-7-22(17-23)19-44(2)3)32(51-35(31)43-37)24-18-40-45(4)20-24)50-28-15-11-26(12-16-28)41-33(48)29-21-46(5)47(36(29)49)27-13-9-25(38)10-14-27/h6-7,9-18,20-21,23H,8,19H2,1-5H3,(H,41,48)(H,39,42,43). The van der Waals surface area contributed by atoms with Gasteiger partial charge in [-0.1, -0.05) is 18.2 Å². The van der Waals surface area contributed by atoms with E-state index >= 15 is 0 Å². The van der Waals surface area contributed by atoms with Crippen LogP contribution in [0.25, 0.3) is 28.1 Å². The van der Waals surface area contributed by atoms with Crippen LogP contribution in [-0.4, -0.2) is 67.6 Å². The maximum atomic E-state index is 13.5. The lowest BCUT2D eigenvalue weighted by Crippen LogP contribution is -2.25. The number of hydrogen-bond donors (Lipinski definition) is 2. The van der Waals surface area contributed by atoms with Crippen molar-refractivity contribution in [3.8, 4) is 28.6 Å². The molecule has 1 unspecified atom stereocenters. The molecule has 14 heteroatoms. The average molecular weight is 690 g/mol. The number of likely N-dealkylation sites (N-methyl/N-ethyl adjacent to an activating group) is 1. The van der Waals surface area contributed by atoms with Crippen molar-refractivity contribution in [3.63, 3.8) is 0 Å². The molecular formula is C37H36FN9O4. The topological polar surface area (TPSA) is 137 Å². The maximum absolute atomic E-state index is 13.5. The van der Waals surface area contributed by atoms with E-state index in [1.54, 1.807) is 49.2 Å². The van der Waals surface area contributed by atoms with Gasteiger partial charge in [0.1, 0.15) is 28.3 Å². The Morgan fingerprint density at radius 1 is 1.08 bits per heavy atom. The van der Waals surface area contributed by atoms with Crippen molar-refractivity contribution in [1.82, 2.24) is 34.0 Å². The second kappa shape index (κ2) is 13.6. The van der Waals surface area contributed by atoms with E-state index in [0.717, 1.165) is 24.1 Å². The Balaban J connectivity index is 1.21. The van der Waals surface area contributed by atoms with Gasteiger partial charge in [-0.3, -0.25) is 19.0 Å². The highest BCUT2D eigenvalue weighted by Gasteiger charge is 2.29. The quantitative estimate of drug-likeness (QED) is 0.181. The lowest BCUT2D eigenvalue weighted by atomic mass is 9.87. The number of rotatable bonds is 10. The van der Waals surface area contributed by atoms with Crippen molar-refractivity contribution in [3.05, 3.63) is 118 Å². The first-order valence-electron chi connectivity index (χ1n) is 16.2. The van der Waals surface area contributed by atoms with Crippen LogP contribution < -0.4 is 20.9 Å². The van der Waals surface area contributed by atoms with Gasteiger partial charge in [0, 0.05) is 57.3 Å². The van der Waals surface area contributed by atoms with Crippen LogP contribution in [0.15, 0.2) is 100 Å². The van der Waals surface area contributed by atoms with Crippen molar-refractivity contribution in [2.45, 2.75) is 12.3 Å². The smallest absolute Gasteiger partial charge is 0.284 e. The molecule has 1 aliphatic rings. The van der Waals surface area contributed by atoms with Gasteiger partial charge in [0.25, 0.3) is 11.5 Å². The summed E-state index contributed by atoms with van der Waals surface area (Å²) in [7, 11) is 9.28. The molecular weight excluding hydrogens is 653 g/mol. The molecule has 260 valence electrons. The number of aryl methyl sites for hydroxylation is 2. The zero-order valence-electron chi connectivity index (χ0n) is 28.7. The van der Waals surface area contributed by atoms with Crippen LogP contribution in [0.4, 0.5) is 16.0 Å². The van der Waals surface area contributed by atoms with E-state index in [-0.39, 0.29) is 11.5 Å². The first kappa shape index (κ1) is 33.2. The Morgan fingerprint density at radius 3 is 2.53 bits per heavy atom. The molecule has 0 bridgehead atoms. The molecule has 0 fully saturated rings. The minimum atomic E-state index is -0.588. The summed E-state index contributed by atoms with van der Waals surface area (Å²) in [6.45, 7) is 0.784.